The van der Waals surface area contributed by atoms with Gasteiger partial charge in [0, 0.05) is 5.69 Å². The molecule has 162 valence electrons. The Hall–Kier alpha value is -4.03. The zero-order chi connectivity index (χ0) is 22.8. The standard InChI is InChI=1S/C27H21N3O2S/c1-18-23(25(31)29-21-15-9-4-10-16-21)24(20-13-7-3-8-14-20)30-26(32)22(33-27(30)28-18)17-19-11-5-2-6-12-19/h2-17,24H,1H3,(H,29,31). The van der Waals surface area contributed by atoms with Crippen molar-refractivity contribution in [2.45, 2.75) is 13.0 Å². The molecule has 1 amide bonds. The molecule has 0 radical (unpaired) electrons. The summed E-state index contributed by atoms with van der Waals surface area (Å²) in [5, 5.41) is 2.96. The molecule has 5 rings (SSSR count). The number of rotatable bonds is 4. The molecule has 5 nitrogen and oxygen atoms in total. The van der Waals surface area contributed by atoms with Gasteiger partial charge in [-0.3, -0.25) is 14.2 Å². The second kappa shape index (κ2) is 8.84. The van der Waals surface area contributed by atoms with E-state index in [1.54, 1.807) is 4.57 Å². The van der Waals surface area contributed by atoms with Crippen LogP contribution < -0.4 is 20.2 Å². The van der Waals surface area contributed by atoms with Crippen molar-refractivity contribution in [2.24, 2.45) is 4.99 Å². The zero-order valence-electron chi connectivity index (χ0n) is 17.9. The van der Waals surface area contributed by atoms with Gasteiger partial charge in [0.15, 0.2) is 4.80 Å². The van der Waals surface area contributed by atoms with Gasteiger partial charge in [0.25, 0.3) is 11.5 Å². The molecule has 0 saturated heterocycles. The van der Waals surface area contributed by atoms with Crippen molar-refractivity contribution < 1.29 is 4.79 Å². The number of anilines is 1. The molecule has 4 aromatic rings. The van der Waals surface area contributed by atoms with Crippen molar-refractivity contribution in [1.29, 1.82) is 0 Å². The Bertz CT molecular complexity index is 1520. The minimum atomic E-state index is -0.566. The molecular formula is C27H21N3O2S. The quantitative estimate of drug-likeness (QED) is 0.512. The molecule has 33 heavy (non-hydrogen) atoms. The van der Waals surface area contributed by atoms with E-state index in [2.05, 4.69) is 10.3 Å². The number of carbonyl (C=O) groups excluding carboxylic acids is 1. The van der Waals surface area contributed by atoms with Crippen molar-refractivity contribution in [3.63, 3.8) is 0 Å². The average molecular weight is 452 g/mol. The largest absolute Gasteiger partial charge is 0.322 e. The van der Waals surface area contributed by atoms with Gasteiger partial charge < -0.3 is 5.32 Å². The van der Waals surface area contributed by atoms with Crippen molar-refractivity contribution in [2.75, 3.05) is 5.32 Å². The normalized spacial score (nSPS) is 15.7. The Morgan fingerprint density at radius 3 is 2.21 bits per heavy atom. The van der Waals surface area contributed by atoms with Crippen LogP contribution in [0, 0.1) is 0 Å². The molecular weight excluding hydrogens is 430 g/mol. The summed E-state index contributed by atoms with van der Waals surface area (Å²) in [6.45, 7) is 1.82. The second-order valence-corrected chi connectivity index (χ2v) is 8.73. The number of nitrogens with zero attached hydrogens (tertiary/aromatic N) is 2. The molecule has 1 N–H and O–H groups in total. The van der Waals surface area contributed by atoms with Crippen molar-refractivity contribution >= 4 is 29.0 Å². The number of allylic oxidation sites excluding steroid dienone is 1. The van der Waals surface area contributed by atoms with Crippen molar-refractivity contribution in [3.05, 3.63) is 133 Å². The Labute approximate surface area is 194 Å². The molecule has 0 saturated carbocycles. The smallest absolute Gasteiger partial charge is 0.271 e. The molecule has 0 bridgehead atoms. The lowest BCUT2D eigenvalue weighted by molar-refractivity contribution is -0.113. The minimum Gasteiger partial charge on any atom is -0.322 e. The van der Waals surface area contributed by atoms with Crippen molar-refractivity contribution in [1.82, 2.24) is 4.57 Å². The van der Waals surface area contributed by atoms with Crippen LogP contribution in [0.1, 0.15) is 24.1 Å². The first kappa shape index (κ1) is 20.8. The fourth-order valence-electron chi connectivity index (χ4n) is 3.98. The lowest BCUT2D eigenvalue weighted by Gasteiger charge is -2.25. The first-order valence-corrected chi connectivity index (χ1v) is 11.4. The number of fused-ring (bicyclic) bond motifs is 1. The molecule has 3 aromatic carbocycles. The second-order valence-electron chi connectivity index (χ2n) is 7.72. The highest BCUT2D eigenvalue weighted by Crippen LogP contribution is 2.30. The third kappa shape index (κ3) is 4.08. The Balaban J connectivity index is 1.67. The highest BCUT2D eigenvalue weighted by molar-refractivity contribution is 7.07. The van der Waals surface area contributed by atoms with Crippen molar-refractivity contribution in [3.8, 4) is 0 Å². The van der Waals surface area contributed by atoms with E-state index in [-0.39, 0.29) is 11.5 Å². The van der Waals surface area contributed by atoms with Crippen LogP contribution >= 0.6 is 11.3 Å². The maximum atomic E-state index is 13.6. The number of benzene rings is 3. The molecule has 1 aromatic heterocycles. The highest BCUT2D eigenvalue weighted by atomic mass is 32.1. The number of aromatic nitrogens is 1. The van der Waals surface area contributed by atoms with Gasteiger partial charge in [-0.15, -0.1) is 0 Å². The Morgan fingerprint density at radius 1 is 0.939 bits per heavy atom. The maximum absolute atomic E-state index is 13.6. The van der Waals surface area contributed by atoms with Gasteiger partial charge in [0.2, 0.25) is 0 Å². The van der Waals surface area contributed by atoms with Gasteiger partial charge in [0.05, 0.1) is 21.8 Å². The highest BCUT2D eigenvalue weighted by Gasteiger charge is 2.32. The molecule has 0 aliphatic carbocycles. The fraction of sp³-hybridized carbons (Fsp3) is 0.0741. The summed E-state index contributed by atoms with van der Waals surface area (Å²) in [7, 11) is 0. The van der Waals surface area contributed by atoms with Gasteiger partial charge in [0.1, 0.15) is 0 Å². The summed E-state index contributed by atoms with van der Waals surface area (Å²) in [5.41, 5.74) is 3.40. The van der Waals surface area contributed by atoms with Crippen LogP contribution in [-0.4, -0.2) is 10.5 Å². The van der Waals surface area contributed by atoms with Crippen LogP contribution in [0.15, 0.2) is 112 Å². The van der Waals surface area contributed by atoms with Crippen LogP contribution in [0.3, 0.4) is 0 Å². The van der Waals surface area contributed by atoms with Crippen LogP contribution in [-0.2, 0) is 4.79 Å². The fourth-order valence-corrected chi connectivity index (χ4v) is 5.03. The lowest BCUT2D eigenvalue weighted by Crippen LogP contribution is -2.40. The molecule has 1 atom stereocenters. The number of thiazole rings is 1. The van der Waals surface area contributed by atoms with E-state index < -0.39 is 6.04 Å². The minimum absolute atomic E-state index is 0.158. The van der Waals surface area contributed by atoms with Crippen LogP contribution in [0.4, 0.5) is 5.69 Å². The summed E-state index contributed by atoms with van der Waals surface area (Å²) >= 11 is 1.34. The van der Waals surface area contributed by atoms with E-state index in [9.17, 15) is 9.59 Å². The summed E-state index contributed by atoms with van der Waals surface area (Å²) in [5.74, 6) is -0.270. The predicted molar refractivity (Wildman–Crippen MR) is 132 cm³/mol. The molecule has 6 heteroatoms. The Morgan fingerprint density at radius 2 is 1.55 bits per heavy atom. The third-order valence-electron chi connectivity index (χ3n) is 5.51. The van der Waals surface area contributed by atoms with E-state index >= 15 is 0 Å². The number of hydrogen-bond acceptors (Lipinski definition) is 4. The number of amides is 1. The average Bonchev–Trinajstić information content (AvgIpc) is 3.14. The number of hydrogen-bond donors (Lipinski definition) is 1. The SMILES string of the molecule is CC1=C(C(=O)Nc2ccccc2)C(c2ccccc2)n2c(sc(=Cc3ccccc3)c2=O)=N1. The monoisotopic (exact) mass is 451 g/mol. The van der Waals surface area contributed by atoms with Gasteiger partial charge in [-0.05, 0) is 36.3 Å². The maximum Gasteiger partial charge on any atom is 0.271 e. The zero-order valence-corrected chi connectivity index (χ0v) is 18.8. The molecule has 0 spiro atoms. The molecule has 1 aliphatic heterocycles. The van der Waals surface area contributed by atoms with Gasteiger partial charge in [-0.1, -0.05) is 90.2 Å². The van der Waals surface area contributed by atoms with E-state index in [0.29, 0.717) is 26.3 Å². The first-order chi connectivity index (χ1) is 16.1. The molecule has 0 fully saturated rings. The van der Waals surface area contributed by atoms with E-state index in [0.717, 1.165) is 11.1 Å². The Kier molecular flexibility index (Phi) is 5.59. The van der Waals surface area contributed by atoms with E-state index in [1.165, 1.54) is 11.3 Å². The summed E-state index contributed by atoms with van der Waals surface area (Å²) in [6.07, 6.45) is 1.87. The third-order valence-corrected chi connectivity index (χ3v) is 6.49. The lowest BCUT2D eigenvalue weighted by atomic mass is 9.95. The molecule has 2 heterocycles. The first-order valence-electron chi connectivity index (χ1n) is 10.6. The van der Waals surface area contributed by atoms with Crippen LogP contribution in [0.25, 0.3) is 6.08 Å². The van der Waals surface area contributed by atoms with Gasteiger partial charge in [-0.2, -0.15) is 0 Å². The predicted octanol–water partition coefficient (Wildman–Crippen LogP) is 3.87. The number of para-hydroxylation sites is 1. The van der Waals surface area contributed by atoms with Crippen LogP contribution in [0.2, 0.25) is 0 Å². The number of carbonyl (C=O) groups is 1. The molecule has 1 unspecified atom stereocenters. The topological polar surface area (TPSA) is 63.5 Å². The van der Waals surface area contributed by atoms with E-state index in [4.69, 9.17) is 0 Å². The summed E-state index contributed by atoms with van der Waals surface area (Å²) < 4.78 is 2.22. The van der Waals surface area contributed by atoms with E-state index in [1.807, 2.05) is 104 Å². The summed E-state index contributed by atoms with van der Waals surface area (Å²) in [6, 6.07) is 28.1. The van der Waals surface area contributed by atoms with Gasteiger partial charge in [-0.25, -0.2) is 4.99 Å². The van der Waals surface area contributed by atoms with Crippen LogP contribution in [0.5, 0.6) is 0 Å². The van der Waals surface area contributed by atoms with Gasteiger partial charge >= 0.3 is 0 Å². The molecule has 1 aliphatic rings. The number of nitrogens with one attached hydrogen (secondary N) is 1. The summed E-state index contributed by atoms with van der Waals surface area (Å²) in [4.78, 5) is 32.3.